The molecule has 2 aliphatic rings. The Morgan fingerprint density at radius 1 is 1.08 bits per heavy atom. The summed E-state index contributed by atoms with van der Waals surface area (Å²) in [7, 11) is 0. The van der Waals surface area contributed by atoms with Gasteiger partial charge >= 0.3 is 11.9 Å². The van der Waals surface area contributed by atoms with E-state index in [2.05, 4.69) is 20.1 Å². The van der Waals surface area contributed by atoms with E-state index in [4.69, 9.17) is 0 Å². The highest BCUT2D eigenvalue weighted by atomic mass is 19.4. The van der Waals surface area contributed by atoms with Gasteiger partial charge in [-0.1, -0.05) is 12.1 Å². The maximum atomic E-state index is 12.7. The molecule has 36 heavy (non-hydrogen) atoms. The molecule has 1 aromatic carbocycles. The Labute approximate surface area is 200 Å². The number of halogens is 3. The van der Waals surface area contributed by atoms with E-state index < -0.39 is 29.3 Å². The molecule has 4 heterocycles. The Balaban J connectivity index is 1.23. The van der Waals surface area contributed by atoms with Crippen LogP contribution in [0, 0.1) is 5.92 Å². The third-order valence-electron chi connectivity index (χ3n) is 6.89. The largest absolute Gasteiger partial charge is 0.395 e. The van der Waals surface area contributed by atoms with E-state index in [0.717, 1.165) is 17.5 Å². The van der Waals surface area contributed by atoms with Gasteiger partial charge in [-0.15, -0.1) is 0 Å². The molecule has 0 bridgehead atoms. The van der Waals surface area contributed by atoms with Gasteiger partial charge in [-0.05, 0) is 42.0 Å². The standard InChI is InChI=1S/C24H19F3N6O3/c25-24(26,27)14-10-32(11-14)22(35)13-3-1-12(2-4-13)15-7-16(15)17-8-19(31-33-6-5-28-20(17)33)18-9-29-23(36)30-21(18)34/h1-6,8-9,14-16H,7,10-11H2,(H2,29,30,34,36)/t15-,16+/m1/s1. The second-order valence-corrected chi connectivity index (χ2v) is 9.19. The highest BCUT2D eigenvalue weighted by Crippen LogP contribution is 2.55. The summed E-state index contributed by atoms with van der Waals surface area (Å²) in [5, 5.41) is 4.45. The minimum Gasteiger partial charge on any atom is -0.337 e. The van der Waals surface area contributed by atoms with E-state index in [0.29, 0.717) is 16.9 Å². The third-order valence-corrected chi connectivity index (χ3v) is 6.89. The van der Waals surface area contributed by atoms with Crippen LogP contribution in [0.2, 0.25) is 0 Å². The molecular formula is C24H19F3N6O3. The van der Waals surface area contributed by atoms with Crippen molar-refractivity contribution >= 4 is 11.6 Å². The van der Waals surface area contributed by atoms with Gasteiger partial charge in [0.1, 0.15) is 0 Å². The smallest absolute Gasteiger partial charge is 0.337 e. The van der Waals surface area contributed by atoms with Crippen LogP contribution in [0.5, 0.6) is 0 Å². The van der Waals surface area contributed by atoms with Crippen molar-refractivity contribution in [3.05, 3.63) is 86.5 Å². The minimum atomic E-state index is -4.28. The number of nitrogens with zero attached hydrogens (tertiary/aromatic N) is 4. The van der Waals surface area contributed by atoms with Crippen molar-refractivity contribution in [1.82, 2.24) is 29.5 Å². The number of fused-ring (bicyclic) bond motifs is 1. The van der Waals surface area contributed by atoms with Crippen LogP contribution in [-0.2, 0) is 0 Å². The molecule has 9 nitrogen and oxygen atoms in total. The monoisotopic (exact) mass is 496 g/mol. The number of imidazole rings is 1. The molecule has 3 aromatic heterocycles. The second kappa shape index (κ2) is 7.90. The van der Waals surface area contributed by atoms with Gasteiger partial charge in [0.2, 0.25) is 0 Å². The lowest BCUT2D eigenvalue weighted by atomic mass is 9.97. The fraction of sp³-hybridized carbons (Fsp3) is 0.292. The lowest BCUT2D eigenvalue weighted by Crippen LogP contribution is -2.55. The van der Waals surface area contributed by atoms with E-state index in [1.165, 1.54) is 11.1 Å². The summed E-state index contributed by atoms with van der Waals surface area (Å²) in [4.78, 5) is 46.5. The number of carbonyl (C=O) groups excluding carboxylic acids is 1. The van der Waals surface area contributed by atoms with E-state index in [1.54, 1.807) is 35.1 Å². The first-order valence-corrected chi connectivity index (χ1v) is 11.3. The molecule has 0 unspecified atom stereocenters. The average molecular weight is 496 g/mol. The van der Waals surface area contributed by atoms with Gasteiger partial charge in [-0.2, -0.15) is 18.3 Å². The molecule has 0 radical (unpaired) electrons. The van der Waals surface area contributed by atoms with Crippen molar-refractivity contribution in [2.45, 2.75) is 24.4 Å². The Morgan fingerprint density at radius 3 is 2.53 bits per heavy atom. The summed E-state index contributed by atoms with van der Waals surface area (Å²) >= 11 is 0. The molecule has 1 aliphatic heterocycles. The number of nitrogens with one attached hydrogen (secondary N) is 2. The number of rotatable bonds is 4. The molecular weight excluding hydrogens is 477 g/mol. The fourth-order valence-corrected chi connectivity index (χ4v) is 4.76. The van der Waals surface area contributed by atoms with Crippen molar-refractivity contribution in [1.29, 1.82) is 0 Å². The zero-order chi connectivity index (χ0) is 25.2. The maximum absolute atomic E-state index is 12.7. The Hall–Kier alpha value is -4.22. The Morgan fingerprint density at radius 2 is 1.83 bits per heavy atom. The van der Waals surface area contributed by atoms with Crippen molar-refractivity contribution < 1.29 is 18.0 Å². The van der Waals surface area contributed by atoms with Crippen LogP contribution < -0.4 is 11.2 Å². The molecule has 1 saturated carbocycles. The number of H-pyrrole nitrogens is 2. The molecule has 4 aromatic rings. The van der Waals surface area contributed by atoms with Crippen LogP contribution in [0.3, 0.4) is 0 Å². The highest BCUT2D eigenvalue weighted by Gasteiger charge is 2.48. The van der Waals surface area contributed by atoms with Gasteiger partial charge in [-0.25, -0.2) is 14.3 Å². The van der Waals surface area contributed by atoms with Gasteiger partial charge in [0.15, 0.2) is 5.65 Å². The van der Waals surface area contributed by atoms with Crippen molar-refractivity contribution in [2.24, 2.45) is 5.92 Å². The van der Waals surface area contributed by atoms with E-state index in [1.807, 2.05) is 12.1 Å². The first-order valence-electron chi connectivity index (χ1n) is 11.3. The lowest BCUT2D eigenvalue weighted by Gasteiger charge is -2.40. The van der Waals surface area contributed by atoms with Gasteiger partial charge in [0.05, 0.1) is 17.2 Å². The van der Waals surface area contributed by atoms with Crippen LogP contribution >= 0.6 is 0 Å². The van der Waals surface area contributed by atoms with E-state index in [-0.39, 0.29) is 30.5 Å². The predicted octanol–water partition coefficient (Wildman–Crippen LogP) is 2.68. The van der Waals surface area contributed by atoms with Crippen LogP contribution in [0.15, 0.2) is 58.5 Å². The zero-order valence-corrected chi connectivity index (χ0v) is 18.6. The third kappa shape index (κ3) is 3.78. The van der Waals surface area contributed by atoms with Crippen molar-refractivity contribution in [3.63, 3.8) is 0 Å². The minimum absolute atomic E-state index is 0.1000. The number of carbonyl (C=O) groups is 1. The number of alkyl halides is 3. The summed E-state index contributed by atoms with van der Waals surface area (Å²) in [5.74, 6) is -1.61. The van der Waals surface area contributed by atoms with E-state index in [9.17, 15) is 27.6 Å². The van der Waals surface area contributed by atoms with Crippen molar-refractivity contribution in [2.75, 3.05) is 13.1 Å². The maximum Gasteiger partial charge on any atom is 0.395 e. The van der Waals surface area contributed by atoms with E-state index >= 15 is 0 Å². The number of aromatic nitrogens is 5. The number of benzene rings is 1. The molecule has 6 rings (SSSR count). The molecule has 2 atom stereocenters. The van der Waals surface area contributed by atoms with Crippen LogP contribution in [0.4, 0.5) is 13.2 Å². The molecule has 2 N–H and O–H groups in total. The number of aromatic amines is 2. The molecule has 184 valence electrons. The summed E-state index contributed by atoms with van der Waals surface area (Å²) < 4.78 is 39.8. The number of amides is 1. The van der Waals surface area contributed by atoms with Gasteiger partial charge in [0, 0.05) is 42.8 Å². The molecule has 12 heteroatoms. The molecule has 2 fully saturated rings. The summed E-state index contributed by atoms with van der Waals surface area (Å²) in [6, 6.07) is 8.76. The zero-order valence-electron chi connectivity index (χ0n) is 18.6. The highest BCUT2D eigenvalue weighted by molar-refractivity contribution is 5.94. The van der Waals surface area contributed by atoms with Gasteiger partial charge in [0.25, 0.3) is 11.5 Å². The van der Waals surface area contributed by atoms with Crippen LogP contribution in [-0.4, -0.2) is 54.6 Å². The summed E-state index contributed by atoms with van der Waals surface area (Å²) in [5.41, 5.74) is 2.39. The lowest BCUT2D eigenvalue weighted by molar-refractivity contribution is -0.202. The van der Waals surface area contributed by atoms with Crippen LogP contribution in [0.1, 0.15) is 39.7 Å². The molecule has 1 aliphatic carbocycles. The topological polar surface area (TPSA) is 116 Å². The van der Waals surface area contributed by atoms with Crippen LogP contribution in [0.25, 0.3) is 16.9 Å². The quantitative estimate of drug-likeness (QED) is 0.451. The second-order valence-electron chi connectivity index (χ2n) is 9.19. The summed E-state index contributed by atoms with van der Waals surface area (Å²) in [6.07, 6.45) is 1.16. The Kier molecular flexibility index (Phi) is 4.88. The predicted molar refractivity (Wildman–Crippen MR) is 122 cm³/mol. The first-order chi connectivity index (χ1) is 17.2. The fourth-order valence-electron chi connectivity index (χ4n) is 4.76. The molecule has 1 amide bonds. The molecule has 0 spiro atoms. The number of likely N-dealkylation sites (tertiary alicyclic amines) is 1. The van der Waals surface area contributed by atoms with Gasteiger partial charge in [-0.3, -0.25) is 14.6 Å². The van der Waals surface area contributed by atoms with Gasteiger partial charge < -0.3 is 9.88 Å². The van der Waals surface area contributed by atoms with Crippen molar-refractivity contribution in [3.8, 4) is 11.3 Å². The molecule has 1 saturated heterocycles. The number of hydrogen-bond donors (Lipinski definition) is 2. The Bertz CT molecular complexity index is 1600. The first kappa shape index (κ1) is 22.3. The normalized spacial score (nSPS) is 19.9. The number of hydrogen-bond acceptors (Lipinski definition) is 5. The summed E-state index contributed by atoms with van der Waals surface area (Å²) in [6.45, 7) is -0.616. The SMILES string of the molecule is O=C(c1ccc([C@H]2C[C@@H]2c2cc(-c3c[nH]c(=O)[nH]c3=O)nn3ccnc23)cc1)N1CC(C(F)(F)F)C1. The average Bonchev–Trinajstić information content (AvgIpc) is 3.45.